The van der Waals surface area contributed by atoms with E-state index < -0.39 is 30.1 Å². The molecule has 202 valence electrons. The van der Waals surface area contributed by atoms with Crippen LogP contribution in [0.5, 0.6) is 0 Å². The van der Waals surface area contributed by atoms with E-state index in [1.165, 1.54) is 25.5 Å². The van der Waals surface area contributed by atoms with E-state index in [0.717, 1.165) is 6.42 Å². The van der Waals surface area contributed by atoms with E-state index in [2.05, 4.69) is 31.8 Å². The van der Waals surface area contributed by atoms with Crippen LogP contribution in [-0.4, -0.2) is 45.8 Å². The molecule has 2 aliphatic carbocycles. The third-order valence-electron chi connectivity index (χ3n) is 7.35. The summed E-state index contributed by atoms with van der Waals surface area (Å²) in [5.41, 5.74) is 1.93. The first kappa shape index (κ1) is 28.4. The maximum atomic E-state index is 12.7. The summed E-state index contributed by atoms with van der Waals surface area (Å²) in [6.45, 7) is 9.27. The Morgan fingerprint density at radius 3 is 2.43 bits per heavy atom. The van der Waals surface area contributed by atoms with Gasteiger partial charge in [0.25, 0.3) is 0 Å². The molecule has 0 N–H and O–H groups in total. The molecule has 6 atom stereocenters. The third-order valence-corrected chi connectivity index (χ3v) is 7.35. The molecule has 37 heavy (non-hydrogen) atoms. The van der Waals surface area contributed by atoms with Crippen molar-refractivity contribution in [2.75, 3.05) is 0 Å². The quantitative estimate of drug-likeness (QED) is 0.234. The Labute approximate surface area is 219 Å². The number of carbonyl (C=O) groups is 3. The summed E-state index contributed by atoms with van der Waals surface area (Å²) >= 11 is 0. The number of hydrogen-bond donors (Lipinski definition) is 0. The number of fused-ring (bicyclic) bond motifs is 1. The van der Waals surface area contributed by atoms with Crippen LogP contribution in [0.25, 0.3) is 6.08 Å². The van der Waals surface area contributed by atoms with Crippen LogP contribution < -0.4 is 0 Å². The van der Waals surface area contributed by atoms with E-state index in [1.807, 2.05) is 23.9 Å². The molecule has 0 saturated carbocycles. The van der Waals surface area contributed by atoms with Gasteiger partial charge < -0.3 is 18.8 Å². The molecule has 1 heterocycles. The topological polar surface area (TPSA) is 96.7 Å². The first-order chi connectivity index (χ1) is 17.5. The summed E-state index contributed by atoms with van der Waals surface area (Å²) in [6, 6.07) is 0. The number of allylic oxidation sites excluding steroid dienone is 2. The average Bonchev–Trinajstić information content (AvgIpc) is 3.22. The van der Waals surface area contributed by atoms with Crippen LogP contribution in [0.1, 0.15) is 66.0 Å². The Kier molecular flexibility index (Phi) is 9.89. The SMILES string of the molecule is CC(=O)OC1/C=C\CC(OC(=O)C=Cc2cn(C)cn2)CC2C(C)=CCC(C(C)C)C2CC1OC(C)=O. The predicted molar refractivity (Wildman–Crippen MR) is 140 cm³/mol. The van der Waals surface area contributed by atoms with Crippen LogP contribution in [0.4, 0.5) is 0 Å². The molecule has 8 nitrogen and oxygen atoms in total. The average molecular weight is 513 g/mol. The van der Waals surface area contributed by atoms with Crippen LogP contribution >= 0.6 is 0 Å². The number of ether oxygens (including phenoxy) is 3. The highest BCUT2D eigenvalue weighted by Gasteiger charge is 2.41. The molecule has 8 heteroatoms. The molecule has 1 aromatic heterocycles. The highest BCUT2D eigenvalue weighted by Crippen LogP contribution is 2.45. The van der Waals surface area contributed by atoms with Crippen molar-refractivity contribution in [3.63, 3.8) is 0 Å². The molecule has 6 unspecified atom stereocenters. The Hall–Kier alpha value is -3.16. The molecule has 1 aromatic rings. The summed E-state index contributed by atoms with van der Waals surface area (Å²) in [5, 5.41) is 0. The van der Waals surface area contributed by atoms with E-state index in [4.69, 9.17) is 14.2 Å². The first-order valence-electron chi connectivity index (χ1n) is 13.1. The molecule has 3 rings (SSSR count). The fourth-order valence-corrected chi connectivity index (χ4v) is 5.63. The van der Waals surface area contributed by atoms with Crippen LogP contribution in [0.3, 0.4) is 0 Å². The molecular formula is C29H40N2O6. The number of hydrogen-bond acceptors (Lipinski definition) is 7. The minimum absolute atomic E-state index is 0.140. The highest BCUT2D eigenvalue weighted by atomic mass is 16.6. The zero-order valence-corrected chi connectivity index (χ0v) is 22.8. The van der Waals surface area contributed by atoms with Crippen molar-refractivity contribution in [2.24, 2.45) is 30.7 Å². The van der Waals surface area contributed by atoms with Gasteiger partial charge in [-0.15, -0.1) is 0 Å². The van der Waals surface area contributed by atoms with Gasteiger partial charge >= 0.3 is 17.9 Å². The lowest BCUT2D eigenvalue weighted by molar-refractivity contribution is -0.164. The van der Waals surface area contributed by atoms with Crippen molar-refractivity contribution in [1.82, 2.24) is 9.55 Å². The van der Waals surface area contributed by atoms with Crippen molar-refractivity contribution in [2.45, 2.75) is 78.6 Å². The van der Waals surface area contributed by atoms with Gasteiger partial charge in [0, 0.05) is 39.6 Å². The number of aryl methyl sites for hydroxylation is 1. The number of aromatic nitrogens is 2. The lowest BCUT2D eigenvalue weighted by atomic mass is 9.64. The summed E-state index contributed by atoms with van der Waals surface area (Å²) in [7, 11) is 1.87. The van der Waals surface area contributed by atoms with Gasteiger partial charge in [0.1, 0.15) is 12.2 Å². The Morgan fingerprint density at radius 2 is 1.81 bits per heavy atom. The molecule has 0 spiro atoms. The van der Waals surface area contributed by atoms with E-state index in [1.54, 1.807) is 18.5 Å². The molecule has 0 bridgehead atoms. The Morgan fingerprint density at radius 1 is 1.08 bits per heavy atom. The van der Waals surface area contributed by atoms with Crippen molar-refractivity contribution in [3.05, 3.63) is 48.1 Å². The van der Waals surface area contributed by atoms with Gasteiger partial charge in [-0.1, -0.05) is 31.6 Å². The Bertz CT molecular complexity index is 1050. The molecule has 0 radical (unpaired) electrons. The lowest BCUT2D eigenvalue weighted by Crippen LogP contribution is -2.41. The highest BCUT2D eigenvalue weighted by molar-refractivity contribution is 5.86. The van der Waals surface area contributed by atoms with E-state index >= 15 is 0 Å². The van der Waals surface area contributed by atoms with Gasteiger partial charge in [-0.2, -0.15) is 0 Å². The summed E-state index contributed by atoms with van der Waals surface area (Å²) in [5.74, 6) is -0.199. The molecule has 2 aliphatic rings. The lowest BCUT2D eigenvalue weighted by Gasteiger charge is -2.43. The number of esters is 3. The largest absolute Gasteiger partial charge is 0.459 e. The van der Waals surface area contributed by atoms with E-state index in [-0.39, 0.29) is 17.9 Å². The van der Waals surface area contributed by atoms with Gasteiger partial charge in [0.05, 0.1) is 12.0 Å². The van der Waals surface area contributed by atoms with Crippen molar-refractivity contribution >= 4 is 24.0 Å². The van der Waals surface area contributed by atoms with Gasteiger partial charge in [-0.3, -0.25) is 9.59 Å². The normalized spacial score (nSPS) is 29.2. The number of rotatable bonds is 6. The zero-order chi connectivity index (χ0) is 27.1. The summed E-state index contributed by atoms with van der Waals surface area (Å²) in [6.07, 6.45) is 13.4. The molecule has 0 aliphatic heterocycles. The van der Waals surface area contributed by atoms with Crippen LogP contribution in [-0.2, 0) is 35.6 Å². The first-order valence-corrected chi connectivity index (χ1v) is 13.1. The van der Waals surface area contributed by atoms with Gasteiger partial charge in [0.2, 0.25) is 0 Å². The second-order valence-electron chi connectivity index (χ2n) is 10.6. The zero-order valence-electron chi connectivity index (χ0n) is 22.8. The van der Waals surface area contributed by atoms with Crippen molar-refractivity contribution in [3.8, 4) is 0 Å². The number of nitrogens with zero attached hydrogens (tertiary/aromatic N) is 2. The smallest absolute Gasteiger partial charge is 0.331 e. The maximum absolute atomic E-state index is 12.7. The molecule has 0 fully saturated rings. The van der Waals surface area contributed by atoms with Crippen LogP contribution in [0.2, 0.25) is 0 Å². The van der Waals surface area contributed by atoms with Gasteiger partial charge in [-0.25, -0.2) is 9.78 Å². The molecular weight excluding hydrogens is 472 g/mol. The maximum Gasteiger partial charge on any atom is 0.331 e. The number of imidazole rings is 1. The minimum Gasteiger partial charge on any atom is -0.459 e. The fraction of sp³-hybridized carbons (Fsp3) is 0.586. The molecule has 0 saturated heterocycles. The third kappa shape index (κ3) is 8.17. The summed E-state index contributed by atoms with van der Waals surface area (Å²) < 4.78 is 19.1. The van der Waals surface area contributed by atoms with E-state index in [0.29, 0.717) is 36.8 Å². The number of carbonyl (C=O) groups excluding carboxylic acids is 3. The second-order valence-corrected chi connectivity index (χ2v) is 10.6. The fourth-order valence-electron chi connectivity index (χ4n) is 5.63. The molecule has 0 aromatic carbocycles. The van der Waals surface area contributed by atoms with Crippen molar-refractivity contribution < 1.29 is 28.6 Å². The predicted octanol–water partition coefficient (Wildman–Crippen LogP) is 4.80. The molecule has 0 amide bonds. The summed E-state index contributed by atoms with van der Waals surface area (Å²) in [4.78, 5) is 40.9. The van der Waals surface area contributed by atoms with Crippen LogP contribution in [0, 0.1) is 23.7 Å². The second kappa shape index (κ2) is 12.9. The van der Waals surface area contributed by atoms with Crippen molar-refractivity contribution in [1.29, 1.82) is 0 Å². The monoisotopic (exact) mass is 512 g/mol. The van der Waals surface area contributed by atoms with Gasteiger partial charge in [0.15, 0.2) is 6.10 Å². The Balaban J connectivity index is 1.91. The van der Waals surface area contributed by atoms with Gasteiger partial charge in [-0.05, 0) is 62.0 Å². The standard InChI is InChI=1S/C29H40N2O6/c1-18(2)24-12-10-19(3)25-14-23(37-29(34)13-11-22-16-31(6)17-30-22)8-7-9-27(35-20(4)32)28(15-26(24)25)36-21(5)33/h7,9-11,13,16-18,23-28H,8,12,14-15H2,1-6H3/b9-7-,13-11?. The minimum atomic E-state index is -0.709. The van der Waals surface area contributed by atoms with Crippen LogP contribution in [0.15, 0.2) is 42.4 Å². The van der Waals surface area contributed by atoms with E-state index in [9.17, 15) is 14.4 Å².